The summed E-state index contributed by atoms with van der Waals surface area (Å²) < 4.78 is 38.3. The molecule has 2 N–H and O–H groups in total. The Hall–Kier alpha value is -1.82. The number of pyridine rings is 1. The topological polar surface area (TPSA) is 42.1 Å². The number of fused-ring (bicyclic) bond motifs is 1. The lowest BCUT2D eigenvalue weighted by Crippen LogP contribution is -2.39. The highest BCUT2D eigenvalue weighted by molar-refractivity contribution is 5.84. The summed E-state index contributed by atoms with van der Waals surface area (Å²) in [7, 11) is 0. The van der Waals surface area contributed by atoms with Crippen LogP contribution in [0.15, 0.2) is 30.3 Å². The average molecular weight is 297 g/mol. The lowest BCUT2D eigenvalue weighted by molar-refractivity contribution is -0.120. The van der Waals surface area contributed by atoms with Gasteiger partial charge in [0.15, 0.2) is 0 Å². The normalized spacial score (nSPS) is 12.1. The lowest BCUT2D eigenvalue weighted by atomic mass is 10.1. The first kappa shape index (κ1) is 15.6. The van der Waals surface area contributed by atoms with Crippen molar-refractivity contribution in [3.05, 3.63) is 35.9 Å². The summed E-state index contributed by atoms with van der Waals surface area (Å²) in [6.07, 6.45) is -4.28. The summed E-state index contributed by atoms with van der Waals surface area (Å²) in [5, 5.41) is 0.875. The molecule has 0 spiro atoms. The molecule has 1 heterocycles. The highest BCUT2D eigenvalue weighted by Gasteiger charge is 2.32. The van der Waals surface area contributed by atoms with E-state index in [-0.39, 0.29) is 12.6 Å². The van der Waals surface area contributed by atoms with Gasteiger partial charge in [0.1, 0.15) is 12.4 Å². The van der Waals surface area contributed by atoms with Crippen LogP contribution in [0.25, 0.3) is 10.9 Å². The highest BCUT2D eigenvalue weighted by atomic mass is 19.4. The third-order valence-corrected chi connectivity index (χ3v) is 3.28. The minimum Gasteiger partial charge on any atom is -0.345 e. The summed E-state index contributed by atoms with van der Waals surface area (Å²) >= 11 is 0. The largest absolute Gasteiger partial charge is 0.405 e. The smallest absolute Gasteiger partial charge is 0.345 e. The zero-order valence-corrected chi connectivity index (χ0v) is 12.0. The number of hydrogen-bond acceptors (Lipinski definition) is 3. The maximum absolute atomic E-state index is 12.8. The molecular formula is C15H18F3N3. The van der Waals surface area contributed by atoms with E-state index in [0.29, 0.717) is 11.3 Å². The first-order valence-corrected chi connectivity index (χ1v) is 6.74. The Morgan fingerprint density at radius 3 is 2.48 bits per heavy atom. The first-order valence-electron chi connectivity index (χ1n) is 6.74. The molecule has 0 unspecified atom stereocenters. The van der Waals surface area contributed by atoms with Crippen molar-refractivity contribution in [2.75, 3.05) is 11.4 Å². The number of benzene rings is 1. The molecule has 0 radical (unpaired) electrons. The van der Waals surface area contributed by atoms with Gasteiger partial charge in [0, 0.05) is 18.0 Å². The zero-order chi connectivity index (χ0) is 15.6. The van der Waals surface area contributed by atoms with Gasteiger partial charge in [0.2, 0.25) is 0 Å². The fourth-order valence-electron chi connectivity index (χ4n) is 2.27. The molecule has 1 aromatic carbocycles. The molecule has 6 heteroatoms. The number of nitrogens with zero attached hydrogens (tertiary/aromatic N) is 2. The second-order valence-corrected chi connectivity index (χ2v) is 5.20. The lowest BCUT2D eigenvalue weighted by Gasteiger charge is -2.29. The number of para-hydroxylation sites is 1. The highest BCUT2D eigenvalue weighted by Crippen LogP contribution is 2.27. The van der Waals surface area contributed by atoms with Gasteiger partial charge in [-0.3, -0.25) is 0 Å². The van der Waals surface area contributed by atoms with Gasteiger partial charge in [-0.2, -0.15) is 13.2 Å². The van der Waals surface area contributed by atoms with Crippen LogP contribution in [0.2, 0.25) is 0 Å². The van der Waals surface area contributed by atoms with Crippen LogP contribution in [0.4, 0.5) is 19.0 Å². The van der Waals surface area contributed by atoms with E-state index in [1.165, 1.54) is 4.90 Å². The molecular weight excluding hydrogens is 279 g/mol. The van der Waals surface area contributed by atoms with Gasteiger partial charge in [-0.15, -0.1) is 0 Å². The maximum Gasteiger partial charge on any atom is 0.405 e. The van der Waals surface area contributed by atoms with Crippen molar-refractivity contribution in [3.8, 4) is 0 Å². The third-order valence-electron chi connectivity index (χ3n) is 3.28. The summed E-state index contributed by atoms with van der Waals surface area (Å²) in [6, 6.07) is 8.66. The Kier molecular flexibility index (Phi) is 4.37. The van der Waals surface area contributed by atoms with Crippen LogP contribution in [-0.2, 0) is 6.54 Å². The van der Waals surface area contributed by atoms with Crippen LogP contribution in [0, 0.1) is 0 Å². The summed E-state index contributed by atoms with van der Waals surface area (Å²) in [5.41, 5.74) is 7.17. The van der Waals surface area contributed by atoms with Crippen molar-refractivity contribution in [1.82, 2.24) is 4.98 Å². The molecule has 0 fully saturated rings. The van der Waals surface area contributed by atoms with E-state index in [9.17, 15) is 13.2 Å². The molecule has 0 bridgehead atoms. The minimum atomic E-state index is -4.28. The molecule has 0 aliphatic heterocycles. The van der Waals surface area contributed by atoms with Crippen molar-refractivity contribution >= 4 is 16.7 Å². The van der Waals surface area contributed by atoms with Crippen LogP contribution in [0.5, 0.6) is 0 Å². The van der Waals surface area contributed by atoms with Crippen LogP contribution in [-0.4, -0.2) is 23.7 Å². The predicted octanol–water partition coefficient (Wildman–Crippen LogP) is 3.47. The Morgan fingerprint density at radius 1 is 1.24 bits per heavy atom. The number of aromatic nitrogens is 1. The summed E-state index contributed by atoms with van der Waals surface area (Å²) in [4.78, 5) is 5.60. The van der Waals surface area contributed by atoms with E-state index in [0.717, 1.165) is 10.9 Å². The van der Waals surface area contributed by atoms with Crippen LogP contribution in [0.3, 0.4) is 0 Å². The van der Waals surface area contributed by atoms with Crippen molar-refractivity contribution in [1.29, 1.82) is 0 Å². The number of rotatable bonds is 4. The Balaban J connectivity index is 2.52. The molecule has 0 saturated heterocycles. The fourth-order valence-corrected chi connectivity index (χ4v) is 2.27. The number of halogens is 3. The molecule has 1 aromatic heterocycles. The number of anilines is 1. The second-order valence-electron chi connectivity index (χ2n) is 5.20. The number of nitrogens with two attached hydrogens (primary N) is 1. The quantitative estimate of drug-likeness (QED) is 0.939. The SMILES string of the molecule is CC(C)N(CC(F)(F)F)c1cc(CN)c2ccccc2n1. The number of alkyl halides is 3. The maximum atomic E-state index is 12.8. The van der Waals surface area contributed by atoms with E-state index in [1.807, 2.05) is 18.2 Å². The molecule has 0 atom stereocenters. The molecule has 114 valence electrons. The Labute approximate surface area is 121 Å². The third kappa shape index (κ3) is 3.64. The first-order chi connectivity index (χ1) is 9.81. The summed E-state index contributed by atoms with van der Waals surface area (Å²) in [6.45, 7) is 2.66. The van der Waals surface area contributed by atoms with Crippen LogP contribution in [0.1, 0.15) is 19.4 Å². The molecule has 0 amide bonds. The molecule has 3 nitrogen and oxygen atoms in total. The predicted molar refractivity (Wildman–Crippen MR) is 78.2 cm³/mol. The molecule has 2 rings (SSSR count). The monoisotopic (exact) mass is 297 g/mol. The van der Waals surface area contributed by atoms with E-state index in [4.69, 9.17) is 5.73 Å². The van der Waals surface area contributed by atoms with Crippen molar-refractivity contribution < 1.29 is 13.2 Å². The second kappa shape index (κ2) is 5.89. The van der Waals surface area contributed by atoms with E-state index in [1.54, 1.807) is 26.0 Å². The fraction of sp³-hybridized carbons (Fsp3) is 0.400. The standard InChI is InChI=1S/C15H18F3N3/c1-10(2)21(9-15(16,17)18)14-7-11(8-19)12-5-3-4-6-13(12)20-14/h3-7,10H,8-9,19H2,1-2H3. The Morgan fingerprint density at radius 2 is 1.90 bits per heavy atom. The minimum absolute atomic E-state index is 0.258. The molecule has 2 aromatic rings. The van der Waals surface area contributed by atoms with Gasteiger partial charge in [-0.05, 0) is 31.5 Å². The van der Waals surface area contributed by atoms with Gasteiger partial charge in [0.25, 0.3) is 0 Å². The zero-order valence-electron chi connectivity index (χ0n) is 12.0. The van der Waals surface area contributed by atoms with Crippen LogP contribution < -0.4 is 10.6 Å². The van der Waals surface area contributed by atoms with Crippen LogP contribution >= 0.6 is 0 Å². The summed E-state index contributed by atoms with van der Waals surface area (Å²) in [5.74, 6) is 0.307. The Bertz CT molecular complexity index is 623. The molecule has 0 saturated carbocycles. The van der Waals surface area contributed by atoms with E-state index >= 15 is 0 Å². The van der Waals surface area contributed by atoms with Gasteiger partial charge < -0.3 is 10.6 Å². The molecule has 0 aliphatic carbocycles. The van der Waals surface area contributed by atoms with Crippen molar-refractivity contribution in [3.63, 3.8) is 0 Å². The van der Waals surface area contributed by atoms with E-state index in [2.05, 4.69) is 4.98 Å². The molecule has 21 heavy (non-hydrogen) atoms. The van der Waals surface area contributed by atoms with Gasteiger partial charge in [-0.1, -0.05) is 18.2 Å². The average Bonchev–Trinajstić information content (AvgIpc) is 2.42. The van der Waals surface area contributed by atoms with Gasteiger partial charge in [-0.25, -0.2) is 4.98 Å². The molecule has 0 aliphatic rings. The van der Waals surface area contributed by atoms with Gasteiger partial charge in [0.05, 0.1) is 5.52 Å². The van der Waals surface area contributed by atoms with Gasteiger partial charge >= 0.3 is 6.18 Å². The van der Waals surface area contributed by atoms with E-state index < -0.39 is 12.7 Å². The number of hydrogen-bond donors (Lipinski definition) is 1. The van der Waals surface area contributed by atoms with Crippen molar-refractivity contribution in [2.24, 2.45) is 5.73 Å². The van der Waals surface area contributed by atoms with Crippen molar-refractivity contribution in [2.45, 2.75) is 32.6 Å².